The summed E-state index contributed by atoms with van der Waals surface area (Å²) in [5.74, 6) is 0.379. The molecule has 1 aliphatic rings. The van der Waals surface area contributed by atoms with Crippen molar-refractivity contribution in [1.82, 2.24) is 4.90 Å². The number of hydrogen-bond donors (Lipinski definition) is 1. The van der Waals surface area contributed by atoms with E-state index in [9.17, 15) is 5.11 Å². The minimum atomic E-state index is 0.379. The van der Waals surface area contributed by atoms with E-state index in [2.05, 4.69) is 11.0 Å². The maximum atomic E-state index is 9.42. The molecule has 0 aromatic heterocycles. The summed E-state index contributed by atoms with van der Waals surface area (Å²) in [5, 5.41) is 9.42. The van der Waals surface area contributed by atoms with Gasteiger partial charge in [0, 0.05) is 6.54 Å². The lowest BCUT2D eigenvalue weighted by atomic mass is 10.1. The van der Waals surface area contributed by atoms with Crippen LogP contribution >= 0.6 is 0 Å². The molecule has 1 aromatic carbocycles. The number of hydrogen-bond acceptors (Lipinski definition) is 2. The summed E-state index contributed by atoms with van der Waals surface area (Å²) >= 11 is 0. The van der Waals surface area contributed by atoms with Crippen molar-refractivity contribution >= 4 is 0 Å². The lowest BCUT2D eigenvalue weighted by molar-refractivity contribution is 0.239. The third kappa shape index (κ3) is 3.53. The summed E-state index contributed by atoms with van der Waals surface area (Å²) in [6, 6.07) is 7.63. The predicted molar refractivity (Wildman–Crippen MR) is 66.5 cm³/mol. The molecular formula is C14H21NO. The summed E-state index contributed by atoms with van der Waals surface area (Å²) in [6.45, 7) is 3.39. The standard InChI is InChI=1S/C14H21NO/c16-14-8-6-7-13(11-14)12-15-9-4-2-1-3-5-10-15/h6-8,11,16H,1-5,9-10,12H2. The van der Waals surface area contributed by atoms with Crippen LogP contribution in [0.3, 0.4) is 0 Å². The average Bonchev–Trinajstić information content (AvgIpc) is 2.22. The van der Waals surface area contributed by atoms with Gasteiger partial charge in [0.2, 0.25) is 0 Å². The molecular weight excluding hydrogens is 198 g/mol. The number of phenols is 1. The smallest absolute Gasteiger partial charge is 0.115 e. The largest absolute Gasteiger partial charge is 0.508 e. The van der Waals surface area contributed by atoms with Crippen molar-refractivity contribution in [2.24, 2.45) is 0 Å². The highest BCUT2D eigenvalue weighted by Gasteiger charge is 2.08. The lowest BCUT2D eigenvalue weighted by Gasteiger charge is -2.24. The van der Waals surface area contributed by atoms with E-state index in [-0.39, 0.29) is 0 Å². The van der Waals surface area contributed by atoms with Crippen molar-refractivity contribution in [1.29, 1.82) is 0 Å². The Morgan fingerprint density at radius 1 is 1.00 bits per heavy atom. The van der Waals surface area contributed by atoms with E-state index in [1.54, 1.807) is 6.07 Å². The molecule has 0 radical (unpaired) electrons. The summed E-state index contributed by atoms with van der Waals surface area (Å²) in [6.07, 6.45) is 6.78. The Balaban J connectivity index is 1.91. The molecule has 1 aliphatic heterocycles. The van der Waals surface area contributed by atoms with Gasteiger partial charge in [-0.1, -0.05) is 31.4 Å². The van der Waals surface area contributed by atoms with Crippen LogP contribution in [0.5, 0.6) is 5.75 Å². The molecule has 1 N–H and O–H groups in total. The van der Waals surface area contributed by atoms with Gasteiger partial charge in [-0.15, -0.1) is 0 Å². The van der Waals surface area contributed by atoms with Crippen molar-refractivity contribution in [2.45, 2.75) is 38.6 Å². The third-order valence-corrected chi connectivity index (χ3v) is 3.27. The van der Waals surface area contributed by atoms with Crippen LogP contribution < -0.4 is 0 Å². The summed E-state index contributed by atoms with van der Waals surface area (Å²) in [7, 11) is 0. The van der Waals surface area contributed by atoms with E-state index in [4.69, 9.17) is 0 Å². The first-order valence-electron chi connectivity index (χ1n) is 6.35. The molecule has 2 heteroatoms. The van der Waals surface area contributed by atoms with Gasteiger partial charge in [-0.3, -0.25) is 4.90 Å². The lowest BCUT2D eigenvalue weighted by Crippen LogP contribution is -2.26. The Kier molecular flexibility index (Phi) is 4.23. The van der Waals surface area contributed by atoms with Gasteiger partial charge in [-0.2, -0.15) is 0 Å². The highest BCUT2D eigenvalue weighted by Crippen LogP contribution is 2.16. The fourth-order valence-corrected chi connectivity index (χ4v) is 2.38. The Morgan fingerprint density at radius 3 is 2.38 bits per heavy atom. The number of likely N-dealkylation sites (tertiary alicyclic amines) is 1. The number of benzene rings is 1. The highest BCUT2D eigenvalue weighted by atomic mass is 16.3. The van der Waals surface area contributed by atoms with Gasteiger partial charge in [-0.05, 0) is 43.6 Å². The average molecular weight is 219 g/mol. The van der Waals surface area contributed by atoms with Crippen molar-refractivity contribution in [3.63, 3.8) is 0 Å². The van der Waals surface area contributed by atoms with E-state index in [0.717, 1.165) is 6.54 Å². The molecule has 16 heavy (non-hydrogen) atoms. The van der Waals surface area contributed by atoms with Crippen LogP contribution in [0.1, 0.15) is 37.7 Å². The summed E-state index contributed by atoms with van der Waals surface area (Å²) in [5.41, 5.74) is 1.22. The molecule has 1 heterocycles. The first-order valence-corrected chi connectivity index (χ1v) is 6.35. The number of phenolic OH excluding ortho intramolecular Hbond substituents is 1. The maximum absolute atomic E-state index is 9.42. The second-order valence-electron chi connectivity index (χ2n) is 4.71. The number of aromatic hydroxyl groups is 1. The number of rotatable bonds is 2. The predicted octanol–water partition coefficient (Wildman–Crippen LogP) is 3.16. The monoisotopic (exact) mass is 219 g/mol. The van der Waals surface area contributed by atoms with Crippen LogP contribution in [-0.2, 0) is 6.54 Å². The van der Waals surface area contributed by atoms with Gasteiger partial charge in [0.1, 0.15) is 5.75 Å². The minimum absolute atomic E-state index is 0.379. The van der Waals surface area contributed by atoms with Crippen LogP contribution in [0, 0.1) is 0 Å². The van der Waals surface area contributed by atoms with Gasteiger partial charge < -0.3 is 5.11 Å². The molecule has 0 spiro atoms. The molecule has 88 valence electrons. The molecule has 0 aliphatic carbocycles. The first kappa shape index (κ1) is 11.5. The fraction of sp³-hybridized carbons (Fsp3) is 0.571. The van der Waals surface area contributed by atoms with Crippen LogP contribution in [0.25, 0.3) is 0 Å². The topological polar surface area (TPSA) is 23.5 Å². The first-order chi connectivity index (χ1) is 7.84. The minimum Gasteiger partial charge on any atom is -0.508 e. The van der Waals surface area contributed by atoms with Crippen LogP contribution in [-0.4, -0.2) is 23.1 Å². The molecule has 0 bridgehead atoms. The fourth-order valence-electron chi connectivity index (χ4n) is 2.38. The number of nitrogens with zero attached hydrogens (tertiary/aromatic N) is 1. The molecule has 0 unspecified atom stereocenters. The van der Waals surface area contributed by atoms with E-state index < -0.39 is 0 Å². The zero-order valence-electron chi connectivity index (χ0n) is 9.86. The van der Waals surface area contributed by atoms with Crippen LogP contribution in [0.4, 0.5) is 0 Å². The molecule has 0 saturated carbocycles. The highest BCUT2D eigenvalue weighted by molar-refractivity contribution is 5.26. The Labute approximate surface area is 97.9 Å². The zero-order chi connectivity index (χ0) is 11.2. The van der Waals surface area contributed by atoms with Gasteiger partial charge >= 0.3 is 0 Å². The van der Waals surface area contributed by atoms with Crippen molar-refractivity contribution < 1.29 is 5.11 Å². The van der Waals surface area contributed by atoms with Crippen molar-refractivity contribution in [3.05, 3.63) is 29.8 Å². The molecule has 2 rings (SSSR count). The van der Waals surface area contributed by atoms with E-state index in [1.807, 2.05) is 12.1 Å². The quantitative estimate of drug-likeness (QED) is 0.826. The summed E-state index contributed by atoms with van der Waals surface area (Å²) in [4.78, 5) is 2.51. The molecule has 1 saturated heterocycles. The molecule has 0 atom stereocenters. The Hall–Kier alpha value is -1.02. The molecule has 1 aromatic rings. The van der Waals surface area contributed by atoms with Gasteiger partial charge in [0.05, 0.1) is 0 Å². The summed E-state index contributed by atoms with van der Waals surface area (Å²) < 4.78 is 0. The Bertz CT molecular complexity index is 316. The second kappa shape index (κ2) is 5.90. The maximum Gasteiger partial charge on any atom is 0.115 e. The van der Waals surface area contributed by atoms with E-state index >= 15 is 0 Å². The normalized spacial score (nSPS) is 19.0. The second-order valence-corrected chi connectivity index (χ2v) is 4.71. The zero-order valence-corrected chi connectivity index (χ0v) is 9.86. The van der Waals surface area contributed by atoms with Crippen molar-refractivity contribution in [3.8, 4) is 5.75 Å². The Morgan fingerprint density at radius 2 is 1.69 bits per heavy atom. The molecule has 0 amide bonds. The third-order valence-electron chi connectivity index (χ3n) is 3.27. The molecule has 1 fully saturated rings. The van der Waals surface area contributed by atoms with Gasteiger partial charge in [0.25, 0.3) is 0 Å². The SMILES string of the molecule is Oc1cccc(CN2CCCCCCC2)c1. The van der Waals surface area contributed by atoms with E-state index in [1.165, 1.54) is 50.8 Å². The van der Waals surface area contributed by atoms with Crippen LogP contribution in [0.15, 0.2) is 24.3 Å². The molecule has 2 nitrogen and oxygen atoms in total. The van der Waals surface area contributed by atoms with Gasteiger partial charge in [0.15, 0.2) is 0 Å². The van der Waals surface area contributed by atoms with Crippen LogP contribution in [0.2, 0.25) is 0 Å². The van der Waals surface area contributed by atoms with Crippen molar-refractivity contribution in [2.75, 3.05) is 13.1 Å². The van der Waals surface area contributed by atoms with Gasteiger partial charge in [-0.25, -0.2) is 0 Å². The van der Waals surface area contributed by atoms with E-state index in [0.29, 0.717) is 5.75 Å².